The normalized spacial score (nSPS) is 11.2. The van der Waals surface area contributed by atoms with Crippen molar-refractivity contribution in [1.82, 2.24) is 10.3 Å². The molecule has 8 nitrogen and oxygen atoms in total. The van der Waals surface area contributed by atoms with Crippen molar-refractivity contribution in [3.05, 3.63) is 47.5 Å². The van der Waals surface area contributed by atoms with Gasteiger partial charge in [-0.1, -0.05) is 26.0 Å². The van der Waals surface area contributed by atoms with Crippen LogP contribution in [0.2, 0.25) is 0 Å². The van der Waals surface area contributed by atoms with Crippen molar-refractivity contribution in [2.24, 2.45) is 0 Å². The fourth-order valence-electron chi connectivity index (χ4n) is 2.59. The largest absolute Gasteiger partial charge is 0.493 e. The zero-order valence-electron chi connectivity index (χ0n) is 17.1. The minimum absolute atomic E-state index is 0.0860. The highest BCUT2D eigenvalue weighted by atomic mass is 32.2. The highest BCUT2D eigenvalue weighted by Crippen LogP contribution is 2.29. The van der Waals surface area contributed by atoms with Crippen molar-refractivity contribution >= 4 is 15.9 Å². The van der Waals surface area contributed by atoms with E-state index in [9.17, 15) is 13.2 Å². The molecule has 0 aliphatic carbocycles. The van der Waals surface area contributed by atoms with Crippen molar-refractivity contribution in [1.29, 1.82) is 0 Å². The number of amides is 1. The van der Waals surface area contributed by atoms with Gasteiger partial charge in [-0.25, -0.2) is 8.42 Å². The van der Waals surface area contributed by atoms with Gasteiger partial charge < -0.3 is 14.2 Å². The van der Waals surface area contributed by atoms with Gasteiger partial charge in [-0.05, 0) is 42.2 Å². The second kappa shape index (κ2) is 9.62. The molecule has 2 aromatic rings. The first-order chi connectivity index (χ1) is 13.7. The highest BCUT2D eigenvalue weighted by molar-refractivity contribution is 7.89. The smallest absolute Gasteiger partial charge is 0.272 e. The maximum atomic E-state index is 12.4. The van der Waals surface area contributed by atoms with Gasteiger partial charge in [0.15, 0.2) is 18.1 Å². The SMILES string of the molecule is COc1ccc(S(=O)(=O)NNC(=O)COc2cc(C)ccc2C(C)C)cc1OC. The molecule has 0 aliphatic heterocycles. The molecule has 0 aliphatic rings. The summed E-state index contributed by atoms with van der Waals surface area (Å²) in [6.45, 7) is 5.63. The number of hydrazine groups is 1. The second-order valence-corrected chi connectivity index (χ2v) is 8.34. The van der Waals surface area contributed by atoms with Crippen LogP contribution in [-0.4, -0.2) is 35.2 Å². The maximum absolute atomic E-state index is 12.4. The van der Waals surface area contributed by atoms with Crippen molar-refractivity contribution < 1.29 is 27.4 Å². The van der Waals surface area contributed by atoms with Gasteiger partial charge in [0.05, 0.1) is 19.1 Å². The summed E-state index contributed by atoms with van der Waals surface area (Å²) in [5.41, 5.74) is 4.11. The number of aryl methyl sites for hydroxylation is 1. The Hall–Kier alpha value is -2.78. The molecule has 1 amide bonds. The molecular weight excluding hydrogens is 396 g/mol. The van der Waals surface area contributed by atoms with Crippen molar-refractivity contribution in [2.45, 2.75) is 31.6 Å². The molecule has 0 spiro atoms. The first-order valence-electron chi connectivity index (χ1n) is 8.94. The van der Waals surface area contributed by atoms with Crippen LogP contribution in [0.4, 0.5) is 0 Å². The number of carbonyl (C=O) groups is 1. The lowest BCUT2D eigenvalue weighted by Gasteiger charge is -2.15. The number of hydrogen-bond acceptors (Lipinski definition) is 6. The minimum Gasteiger partial charge on any atom is -0.493 e. The summed E-state index contributed by atoms with van der Waals surface area (Å²) < 4.78 is 40.6. The van der Waals surface area contributed by atoms with Gasteiger partial charge in [-0.2, -0.15) is 0 Å². The van der Waals surface area contributed by atoms with E-state index in [2.05, 4.69) is 5.43 Å². The first kappa shape index (κ1) is 22.5. The molecule has 29 heavy (non-hydrogen) atoms. The quantitative estimate of drug-likeness (QED) is 0.602. The van der Waals surface area contributed by atoms with Crippen LogP contribution in [0.5, 0.6) is 17.2 Å². The van der Waals surface area contributed by atoms with E-state index < -0.39 is 15.9 Å². The predicted octanol–water partition coefficient (Wildman–Crippen LogP) is 2.52. The molecule has 0 unspecified atom stereocenters. The molecule has 2 N–H and O–H groups in total. The van der Waals surface area contributed by atoms with Gasteiger partial charge >= 0.3 is 0 Å². The maximum Gasteiger partial charge on any atom is 0.272 e. The van der Waals surface area contributed by atoms with Gasteiger partial charge in [-0.3, -0.25) is 10.2 Å². The molecule has 2 aromatic carbocycles. The molecular formula is C20H26N2O6S. The number of carbonyl (C=O) groups excluding carboxylic acids is 1. The summed E-state index contributed by atoms with van der Waals surface area (Å²) in [6, 6.07) is 9.87. The number of hydrogen-bond donors (Lipinski definition) is 2. The third-order valence-corrected chi connectivity index (χ3v) is 5.39. The molecule has 0 atom stereocenters. The van der Waals surface area contributed by atoms with Crippen LogP contribution < -0.4 is 24.5 Å². The Morgan fingerprint density at radius 3 is 2.31 bits per heavy atom. The molecule has 0 fully saturated rings. The summed E-state index contributed by atoms with van der Waals surface area (Å²) in [4.78, 5) is 14.0. The van der Waals surface area contributed by atoms with Crippen LogP contribution in [0.3, 0.4) is 0 Å². The topological polar surface area (TPSA) is 103 Å². The van der Waals surface area contributed by atoms with Crippen LogP contribution in [0.15, 0.2) is 41.3 Å². The number of sulfonamides is 1. The molecule has 0 heterocycles. The van der Waals surface area contributed by atoms with Gasteiger partial charge in [0.1, 0.15) is 5.75 Å². The van der Waals surface area contributed by atoms with Crippen LogP contribution >= 0.6 is 0 Å². The van der Waals surface area contributed by atoms with Crippen LogP contribution in [0.1, 0.15) is 30.9 Å². The van der Waals surface area contributed by atoms with Gasteiger partial charge in [-0.15, -0.1) is 4.83 Å². The number of ether oxygens (including phenoxy) is 3. The fraction of sp³-hybridized carbons (Fsp3) is 0.350. The summed E-state index contributed by atoms with van der Waals surface area (Å²) in [5, 5.41) is 0. The monoisotopic (exact) mass is 422 g/mol. The Morgan fingerprint density at radius 1 is 1.00 bits per heavy atom. The zero-order chi connectivity index (χ0) is 21.6. The Kier molecular flexibility index (Phi) is 7.46. The number of benzene rings is 2. The van der Waals surface area contributed by atoms with Crippen molar-refractivity contribution in [2.75, 3.05) is 20.8 Å². The van der Waals surface area contributed by atoms with Gasteiger partial charge in [0, 0.05) is 6.07 Å². The lowest BCUT2D eigenvalue weighted by atomic mass is 10.0. The lowest BCUT2D eigenvalue weighted by Crippen LogP contribution is -2.43. The Balaban J connectivity index is 2.01. The number of rotatable bonds is 9. The molecule has 2 rings (SSSR count). The van der Waals surface area contributed by atoms with E-state index in [0.29, 0.717) is 11.5 Å². The number of methoxy groups -OCH3 is 2. The lowest BCUT2D eigenvalue weighted by molar-refractivity contribution is -0.123. The van der Waals surface area contributed by atoms with E-state index in [4.69, 9.17) is 14.2 Å². The molecule has 0 bridgehead atoms. The van der Waals surface area contributed by atoms with E-state index in [0.717, 1.165) is 11.1 Å². The van der Waals surface area contributed by atoms with Crippen LogP contribution in [0.25, 0.3) is 0 Å². The van der Waals surface area contributed by atoms with E-state index in [1.54, 1.807) is 0 Å². The third kappa shape index (κ3) is 5.85. The van der Waals surface area contributed by atoms with Gasteiger partial charge in [0.2, 0.25) is 0 Å². The van der Waals surface area contributed by atoms with E-state index in [1.807, 2.05) is 43.8 Å². The molecule has 0 saturated heterocycles. The summed E-state index contributed by atoms with van der Waals surface area (Å²) >= 11 is 0. The fourth-order valence-corrected chi connectivity index (χ4v) is 3.47. The average Bonchev–Trinajstić information content (AvgIpc) is 2.69. The average molecular weight is 423 g/mol. The number of nitrogens with one attached hydrogen (secondary N) is 2. The molecule has 0 saturated carbocycles. The minimum atomic E-state index is -4.00. The predicted molar refractivity (Wildman–Crippen MR) is 109 cm³/mol. The Labute approximate surface area is 171 Å². The Morgan fingerprint density at radius 2 is 1.69 bits per heavy atom. The summed E-state index contributed by atoms with van der Waals surface area (Å²) in [7, 11) is -1.15. The van der Waals surface area contributed by atoms with Crippen molar-refractivity contribution in [3.8, 4) is 17.2 Å². The molecule has 158 valence electrons. The first-order valence-corrected chi connectivity index (χ1v) is 10.4. The zero-order valence-corrected chi connectivity index (χ0v) is 17.9. The van der Waals surface area contributed by atoms with E-state index >= 15 is 0 Å². The Bertz CT molecular complexity index is 973. The second-order valence-electron chi connectivity index (χ2n) is 6.66. The molecule has 9 heteroatoms. The van der Waals surface area contributed by atoms with Crippen molar-refractivity contribution in [3.63, 3.8) is 0 Å². The van der Waals surface area contributed by atoms with Gasteiger partial charge in [0.25, 0.3) is 15.9 Å². The van der Waals surface area contributed by atoms with Crippen LogP contribution in [-0.2, 0) is 14.8 Å². The summed E-state index contributed by atoms with van der Waals surface area (Å²) in [6.07, 6.45) is 0. The summed E-state index contributed by atoms with van der Waals surface area (Å²) in [5.74, 6) is 0.828. The molecule has 0 radical (unpaired) electrons. The van der Waals surface area contributed by atoms with E-state index in [-0.39, 0.29) is 23.2 Å². The highest BCUT2D eigenvalue weighted by Gasteiger charge is 2.18. The molecule has 0 aromatic heterocycles. The van der Waals surface area contributed by atoms with Crippen LogP contribution in [0, 0.1) is 6.92 Å². The van der Waals surface area contributed by atoms with E-state index in [1.165, 1.54) is 32.4 Å². The third-order valence-electron chi connectivity index (χ3n) is 4.14. The standard InChI is InChI=1S/C20H26N2O6S/c1-13(2)16-8-6-14(3)10-18(16)28-12-20(23)21-22-29(24,25)15-7-9-17(26-4)19(11-15)27-5/h6-11,13,22H,12H2,1-5H3,(H,21,23).